The quantitative estimate of drug-likeness (QED) is 0.435. The summed E-state index contributed by atoms with van der Waals surface area (Å²) in [6.45, 7) is 7.97. The van der Waals surface area contributed by atoms with E-state index in [1.54, 1.807) is 20.8 Å². The molecule has 0 aliphatic carbocycles. The topological polar surface area (TPSA) is 126 Å². The zero-order chi connectivity index (χ0) is 24.7. The maximum atomic E-state index is 11.4. The Bertz CT molecular complexity index is 845. The molecule has 1 atom stereocenters. The lowest BCUT2D eigenvalue weighted by molar-refractivity contribution is -0.139. The first-order chi connectivity index (χ1) is 15.6. The maximum Gasteiger partial charge on any atom is 0.408 e. The van der Waals surface area contributed by atoms with Gasteiger partial charge in [0.2, 0.25) is 0 Å². The summed E-state index contributed by atoms with van der Waals surface area (Å²) in [5.74, 6) is -1.31. The molecule has 0 aliphatic heterocycles. The number of ether oxygens (including phenoxy) is 2. The van der Waals surface area contributed by atoms with Gasteiger partial charge in [0, 0.05) is 11.4 Å². The van der Waals surface area contributed by atoms with E-state index in [1.807, 2.05) is 60.7 Å². The van der Waals surface area contributed by atoms with Crippen molar-refractivity contribution in [1.82, 2.24) is 10.6 Å². The number of nitrogens with one attached hydrogen (secondary N) is 3. The number of aliphatic carboxylic acids is 1. The summed E-state index contributed by atoms with van der Waals surface area (Å²) < 4.78 is 9.52. The summed E-state index contributed by atoms with van der Waals surface area (Å²) in [5, 5.41) is 16.6. The number of carboxylic acid groups (broad SMARTS) is 1. The van der Waals surface area contributed by atoms with E-state index < -0.39 is 29.8 Å². The monoisotopic (exact) mass is 457 g/mol. The minimum atomic E-state index is -1.32. The minimum absolute atomic E-state index is 0.00304. The zero-order valence-corrected chi connectivity index (χ0v) is 19.0. The summed E-state index contributed by atoms with van der Waals surface area (Å²) in [5.41, 5.74) is 1.49. The van der Waals surface area contributed by atoms with Gasteiger partial charge in [0.15, 0.2) is 0 Å². The largest absolute Gasteiger partial charge is 0.480 e. The predicted molar refractivity (Wildman–Crippen MR) is 127 cm³/mol. The van der Waals surface area contributed by atoms with Crippen LogP contribution in [0.15, 0.2) is 73.3 Å². The van der Waals surface area contributed by atoms with Crippen molar-refractivity contribution >= 4 is 29.5 Å². The van der Waals surface area contributed by atoms with Crippen LogP contribution in [0.4, 0.5) is 21.0 Å². The van der Waals surface area contributed by atoms with Gasteiger partial charge < -0.3 is 30.5 Å². The molecule has 4 N–H and O–H groups in total. The fourth-order valence-electron chi connectivity index (χ4n) is 2.23. The molecule has 0 bridgehead atoms. The van der Waals surface area contributed by atoms with Crippen molar-refractivity contribution in [2.75, 3.05) is 18.5 Å². The van der Waals surface area contributed by atoms with Crippen LogP contribution in [0, 0.1) is 0 Å². The third-order valence-corrected chi connectivity index (χ3v) is 3.61. The number of alkyl carbamates (subject to hydrolysis) is 2. The molecule has 0 heterocycles. The van der Waals surface area contributed by atoms with Gasteiger partial charge in [-0.25, -0.2) is 14.4 Å². The van der Waals surface area contributed by atoms with Crippen molar-refractivity contribution in [3.8, 4) is 0 Å². The average Bonchev–Trinajstić information content (AvgIpc) is 2.75. The Morgan fingerprint density at radius 3 is 1.91 bits per heavy atom. The maximum absolute atomic E-state index is 11.4. The number of amides is 2. The highest BCUT2D eigenvalue weighted by atomic mass is 16.6. The van der Waals surface area contributed by atoms with Crippen molar-refractivity contribution < 1.29 is 29.0 Å². The molecule has 9 nitrogen and oxygen atoms in total. The van der Waals surface area contributed by atoms with Crippen LogP contribution in [0.2, 0.25) is 0 Å². The van der Waals surface area contributed by atoms with E-state index in [-0.39, 0.29) is 13.2 Å². The molecule has 2 amide bonds. The lowest BCUT2D eigenvalue weighted by Crippen LogP contribution is -2.49. The van der Waals surface area contributed by atoms with E-state index in [0.29, 0.717) is 0 Å². The van der Waals surface area contributed by atoms with Crippen LogP contribution >= 0.6 is 0 Å². The zero-order valence-electron chi connectivity index (χ0n) is 19.0. The van der Waals surface area contributed by atoms with Gasteiger partial charge in [0.25, 0.3) is 0 Å². The van der Waals surface area contributed by atoms with Gasteiger partial charge in [-0.2, -0.15) is 0 Å². The fraction of sp³-hybridized carbons (Fsp3) is 0.292. The van der Waals surface area contributed by atoms with Gasteiger partial charge in [0.05, 0.1) is 6.54 Å². The smallest absolute Gasteiger partial charge is 0.408 e. The summed E-state index contributed by atoms with van der Waals surface area (Å²) in [7, 11) is 0. The molecule has 0 saturated heterocycles. The summed E-state index contributed by atoms with van der Waals surface area (Å²) in [6.07, 6.45) is -0.319. The van der Waals surface area contributed by atoms with Crippen LogP contribution in [0.3, 0.4) is 0 Å². The Hall–Kier alpha value is -4.01. The van der Waals surface area contributed by atoms with Crippen LogP contribution in [-0.2, 0) is 14.3 Å². The number of carbonyl (C=O) groups is 3. The van der Waals surface area contributed by atoms with Crippen LogP contribution in [0.1, 0.15) is 20.8 Å². The molecule has 178 valence electrons. The minimum Gasteiger partial charge on any atom is -0.480 e. The first kappa shape index (κ1) is 27.0. The summed E-state index contributed by atoms with van der Waals surface area (Å²) in [6, 6.07) is 19.0. The number of hydrogen-bond donors (Lipinski definition) is 4. The molecule has 2 aromatic carbocycles. The van der Waals surface area contributed by atoms with Crippen molar-refractivity contribution in [3.63, 3.8) is 0 Å². The third-order valence-electron chi connectivity index (χ3n) is 3.61. The number of hydrogen-bond acceptors (Lipinski definition) is 6. The highest BCUT2D eigenvalue weighted by Crippen LogP contribution is 2.14. The van der Waals surface area contributed by atoms with E-state index in [2.05, 4.69) is 27.3 Å². The highest BCUT2D eigenvalue weighted by Gasteiger charge is 2.24. The number of benzene rings is 2. The second-order valence-electron chi connectivity index (χ2n) is 7.66. The first-order valence-electron chi connectivity index (χ1n) is 10.2. The van der Waals surface area contributed by atoms with Gasteiger partial charge in [-0.15, -0.1) is 0 Å². The highest BCUT2D eigenvalue weighted by molar-refractivity contribution is 5.81. The molecular formula is C24H31N3O6. The van der Waals surface area contributed by atoms with Crippen LogP contribution in [-0.4, -0.2) is 48.1 Å². The number of para-hydroxylation sites is 2. The number of rotatable bonds is 8. The molecule has 2 rings (SSSR count). The SMILES string of the molecule is C=CCOC(=O)NC[C@H](NC(=O)OC(C)(C)C)C(=O)O.c1ccc(Nc2ccccc2)cc1. The molecular weight excluding hydrogens is 426 g/mol. The number of anilines is 2. The molecule has 0 fully saturated rings. The van der Waals surface area contributed by atoms with E-state index in [0.717, 1.165) is 11.4 Å². The van der Waals surface area contributed by atoms with Gasteiger partial charge in [-0.05, 0) is 45.0 Å². The average molecular weight is 458 g/mol. The normalized spacial score (nSPS) is 11.0. The second-order valence-corrected chi connectivity index (χ2v) is 7.66. The molecule has 9 heteroatoms. The van der Waals surface area contributed by atoms with E-state index in [1.165, 1.54) is 6.08 Å². The van der Waals surface area contributed by atoms with Gasteiger partial charge in [-0.1, -0.05) is 49.1 Å². The molecule has 0 saturated carbocycles. The van der Waals surface area contributed by atoms with Crippen molar-refractivity contribution in [3.05, 3.63) is 73.3 Å². The number of carboxylic acids is 1. The Morgan fingerprint density at radius 1 is 0.970 bits per heavy atom. The van der Waals surface area contributed by atoms with E-state index in [4.69, 9.17) is 9.84 Å². The van der Waals surface area contributed by atoms with Crippen molar-refractivity contribution in [2.24, 2.45) is 0 Å². The van der Waals surface area contributed by atoms with Crippen LogP contribution in [0.25, 0.3) is 0 Å². The standard InChI is InChI=1S/C12H20N2O6.C12H11N/c1-5-6-19-10(17)13-7-8(9(15)16)14-11(18)20-12(2,3)4;1-3-7-11(8-4-1)13-12-9-5-2-6-10-12/h5,8H,1,6-7H2,2-4H3,(H,13,17)(H,14,18)(H,15,16);1-10,13H/t8-;/m0./s1. The Morgan fingerprint density at radius 2 is 1.48 bits per heavy atom. The van der Waals surface area contributed by atoms with E-state index >= 15 is 0 Å². The molecule has 0 unspecified atom stereocenters. The van der Waals surface area contributed by atoms with Crippen LogP contribution < -0.4 is 16.0 Å². The Balaban J connectivity index is 0.000000357. The van der Waals surface area contributed by atoms with Gasteiger partial charge >= 0.3 is 18.2 Å². The Kier molecular flexibility index (Phi) is 11.6. The first-order valence-corrected chi connectivity index (χ1v) is 10.2. The van der Waals surface area contributed by atoms with Gasteiger partial charge in [-0.3, -0.25) is 0 Å². The third kappa shape index (κ3) is 13.1. The Labute approximate surface area is 193 Å². The predicted octanol–water partition coefficient (Wildman–Crippen LogP) is 4.31. The molecule has 0 radical (unpaired) electrons. The molecule has 0 aromatic heterocycles. The molecule has 0 spiro atoms. The fourth-order valence-corrected chi connectivity index (χ4v) is 2.23. The molecule has 33 heavy (non-hydrogen) atoms. The summed E-state index contributed by atoms with van der Waals surface area (Å²) in [4.78, 5) is 33.5. The van der Waals surface area contributed by atoms with Crippen LogP contribution in [0.5, 0.6) is 0 Å². The number of carbonyl (C=O) groups excluding carboxylic acids is 2. The molecule has 0 aliphatic rings. The summed E-state index contributed by atoms with van der Waals surface area (Å²) >= 11 is 0. The van der Waals surface area contributed by atoms with Crippen molar-refractivity contribution in [1.29, 1.82) is 0 Å². The van der Waals surface area contributed by atoms with E-state index in [9.17, 15) is 14.4 Å². The van der Waals surface area contributed by atoms with Gasteiger partial charge in [0.1, 0.15) is 18.2 Å². The lowest BCUT2D eigenvalue weighted by Gasteiger charge is -2.22. The molecule has 2 aromatic rings. The second kappa shape index (κ2) is 14.1. The lowest BCUT2D eigenvalue weighted by atomic mass is 10.2. The van der Waals surface area contributed by atoms with Crippen molar-refractivity contribution in [2.45, 2.75) is 32.4 Å².